The Bertz CT molecular complexity index is 1020. The van der Waals surface area contributed by atoms with Gasteiger partial charge in [-0.3, -0.25) is 9.59 Å². The molecule has 0 aromatic heterocycles. The number of hydrogen-bond donors (Lipinski definition) is 3. The van der Waals surface area contributed by atoms with E-state index in [1.54, 1.807) is 0 Å². The SMILES string of the molecule is Cc1cccc(C)c1NC(=O)C[NH+](C)CC(=O)N[C@@H](Cc1ccccc1)c1ccccc1. The molecule has 0 saturated heterocycles. The van der Waals surface area contributed by atoms with Gasteiger partial charge >= 0.3 is 0 Å². The van der Waals surface area contributed by atoms with Gasteiger partial charge in [0.2, 0.25) is 0 Å². The first-order chi connectivity index (χ1) is 15.4. The van der Waals surface area contributed by atoms with Crippen molar-refractivity contribution in [3.8, 4) is 0 Å². The fraction of sp³-hybridized carbons (Fsp3) is 0.259. The van der Waals surface area contributed by atoms with Gasteiger partial charge in [0.25, 0.3) is 11.8 Å². The summed E-state index contributed by atoms with van der Waals surface area (Å²) in [5.41, 5.74) is 5.13. The lowest BCUT2D eigenvalue weighted by atomic mass is 9.99. The number of benzene rings is 3. The van der Waals surface area contributed by atoms with Crippen molar-refractivity contribution in [2.24, 2.45) is 0 Å². The molecule has 1 unspecified atom stereocenters. The number of para-hydroxylation sites is 1. The molecule has 0 spiro atoms. The topological polar surface area (TPSA) is 62.6 Å². The molecule has 5 heteroatoms. The summed E-state index contributed by atoms with van der Waals surface area (Å²) in [7, 11) is 1.86. The molecule has 3 N–H and O–H groups in total. The molecule has 0 aliphatic carbocycles. The lowest BCUT2D eigenvalue weighted by molar-refractivity contribution is -0.862. The number of rotatable bonds is 9. The molecule has 0 fully saturated rings. The van der Waals surface area contributed by atoms with Gasteiger partial charge in [-0.1, -0.05) is 78.9 Å². The van der Waals surface area contributed by atoms with Crippen molar-refractivity contribution in [1.82, 2.24) is 5.32 Å². The molecule has 0 radical (unpaired) electrons. The molecule has 3 aromatic rings. The van der Waals surface area contributed by atoms with E-state index in [1.807, 2.05) is 87.6 Å². The van der Waals surface area contributed by atoms with E-state index >= 15 is 0 Å². The van der Waals surface area contributed by atoms with Gasteiger partial charge in [0, 0.05) is 5.69 Å². The molecule has 0 bridgehead atoms. The molecule has 3 aromatic carbocycles. The zero-order valence-electron chi connectivity index (χ0n) is 19.0. The van der Waals surface area contributed by atoms with E-state index in [0.29, 0.717) is 6.42 Å². The van der Waals surface area contributed by atoms with Crippen LogP contribution in [0.1, 0.15) is 28.3 Å². The lowest BCUT2D eigenvalue weighted by Gasteiger charge is -2.21. The van der Waals surface area contributed by atoms with Crippen LogP contribution in [0.4, 0.5) is 5.69 Å². The zero-order valence-corrected chi connectivity index (χ0v) is 19.0. The predicted molar refractivity (Wildman–Crippen MR) is 129 cm³/mol. The van der Waals surface area contributed by atoms with Crippen LogP contribution in [-0.4, -0.2) is 32.0 Å². The normalized spacial score (nSPS) is 12.6. The van der Waals surface area contributed by atoms with Gasteiger partial charge in [0.15, 0.2) is 13.1 Å². The second-order valence-corrected chi connectivity index (χ2v) is 8.35. The first-order valence-corrected chi connectivity index (χ1v) is 11.0. The summed E-state index contributed by atoms with van der Waals surface area (Å²) < 4.78 is 0. The summed E-state index contributed by atoms with van der Waals surface area (Å²) in [5.74, 6) is -0.177. The molecule has 166 valence electrons. The lowest BCUT2D eigenvalue weighted by Crippen LogP contribution is -3.11. The second kappa shape index (κ2) is 11.3. The molecule has 2 amide bonds. The minimum Gasteiger partial charge on any atom is -0.344 e. The third-order valence-corrected chi connectivity index (χ3v) is 5.49. The average molecular weight is 431 g/mol. The fourth-order valence-electron chi connectivity index (χ4n) is 3.84. The number of carbonyl (C=O) groups excluding carboxylic acids is 2. The summed E-state index contributed by atoms with van der Waals surface area (Å²) >= 11 is 0. The van der Waals surface area contributed by atoms with Crippen molar-refractivity contribution in [2.75, 3.05) is 25.5 Å². The average Bonchev–Trinajstić information content (AvgIpc) is 2.77. The van der Waals surface area contributed by atoms with Crippen molar-refractivity contribution in [3.05, 3.63) is 101 Å². The quantitative estimate of drug-likeness (QED) is 0.489. The van der Waals surface area contributed by atoms with Gasteiger partial charge in [-0.15, -0.1) is 0 Å². The first-order valence-electron chi connectivity index (χ1n) is 11.0. The number of nitrogens with one attached hydrogen (secondary N) is 3. The largest absolute Gasteiger partial charge is 0.344 e. The van der Waals surface area contributed by atoms with Gasteiger partial charge in [-0.05, 0) is 42.5 Å². The Morgan fingerprint density at radius 2 is 1.34 bits per heavy atom. The predicted octanol–water partition coefficient (Wildman–Crippen LogP) is 2.86. The van der Waals surface area contributed by atoms with Gasteiger partial charge in [-0.2, -0.15) is 0 Å². The van der Waals surface area contributed by atoms with Crippen LogP contribution in [-0.2, 0) is 16.0 Å². The van der Waals surface area contributed by atoms with Crippen molar-refractivity contribution >= 4 is 17.5 Å². The van der Waals surface area contributed by atoms with Crippen molar-refractivity contribution in [1.29, 1.82) is 0 Å². The highest BCUT2D eigenvalue weighted by molar-refractivity contribution is 5.93. The number of anilines is 1. The molecule has 5 nitrogen and oxygen atoms in total. The maximum absolute atomic E-state index is 12.8. The number of likely N-dealkylation sites (N-methyl/N-ethyl adjacent to an activating group) is 1. The van der Waals surface area contributed by atoms with Crippen LogP contribution in [0.3, 0.4) is 0 Å². The van der Waals surface area contributed by atoms with E-state index in [9.17, 15) is 9.59 Å². The van der Waals surface area contributed by atoms with Crippen molar-refractivity contribution < 1.29 is 14.5 Å². The van der Waals surface area contributed by atoms with E-state index < -0.39 is 0 Å². The van der Waals surface area contributed by atoms with E-state index in [-0.39, 0.29) is 30.9 Å². The summed E-state index contributed by atoms with van der Waals surface area (Å²) in [4.78, 5) is 26.2. The summed E-state index contributed by atoms with van der Waals surface area (Å²) in [5, 5.41) is 6.15. The maximum Gasteiger partial charge on any atom is 0.279 e. The van der Waals surface area contributed by atoms with E-state index in [2.05, 4.69) is 22.8 Å². The summed E-state index contributed by atoms with van der Waals surface area (Å²) in [6, 6.07) is 25.9. The zero-order chi connectivity index (χ0) is 22.9. The van der Waals surface area contributed by atoms with Gasteiger partial charge in [0.1, 0.15) is 0 Å². The van der Waals surface area contributed by atoms with Crippen LogP contribution >= 0.6 is 0 Å². The number of carbonyl (C=O) groups is 2. The first kappa shape index (κ1) is 23.2. The van der Waals surface area contributed by atoms with Crippen molar-refractivity contribution in [2.45, 2.75) is 26.3 Å². The number of hydrogen-bond acceptors (Lipinski definition) is 2. The highest BCUT2D eigenvalue weighted by Crippen LogP contribution is 2.19. The Hall–Kier alpha value is -3.44. The Labute approximate surface area is 190 Å². The third-order valence-electron chi connectivity index (χ3n) is 5.49. The Morgan fingerprint density at radius 3 is 1.97 bits per heavy atom. The Kier molecular flexibility index (Phi) is 8.17. The highest BCUT2D eigenvalue weighted by Gasteiger charge is 2.19. The number of amides is 2. The molecule has 3 rings (SSSR count). The summed E-state index contributed by atoms with van der Waals surface area (Å²) in [6.07, 6.45) is 0.711. The molecule has 2 atom stereocenters. The fourth-order valence-corrected chi connectivity index (χ4v) is 3.84. The van der Waals surface area contributed by atoms with E-state index in [0.717, 1.165) is 32.8 Å². The summed E-state index contributed by atoms with van der Waals surface area (Å²) in [6.45, 7) is 4.39. The van der Waals surface area contributed by atoms with Crippen LogP contribution < -0.4 is 15.5 Å². The van der Waals surface area contributed by atoms with Crippen LogP contribution in [0.5, 0.6) is 0 Å². The molecule has 0 aliphatic rings. The highest BCUT2D eigenvalue weighted by atomic mass is 16.2. The van der Waals surface area contributed by atoms with E-state index in [4.69, 9.17) is 0 Å². The number of quaternary nitrogens is 1. The molecular weight excluding hydrogens is 398 g/mol. The standard InChI is InChI=1S/C27H31N3O2/c1-20-11-10-12-21(2)27(20)29-26(32)19-30(3)18-25(31)28-24(23-15-8-5-9-16-23)17-22-13-6-4-7-14-22/h4-16,24H,17-19H2,1-3H3,(H,28,31)(H,29,32)/p+1/t24-/m0/s1. The minimum absolute atomic E-state index is 0.0767. The van der Waals surface area contributed by atoms with Crippen LogP contribution in [0, 0.1) is 13.8 Å². The molecule has 0 aliphatic heterocycles. The van der Waals surface area contributed by atoms with Gasteiger partial charge < -0.3 is 15.5 Å². The number of aryl methyl sites for hydroxylation is 2. The monoisotopic (exact) mass is 430 g/mol. The van der Waals surface area contributed by atoms with Crippen molar-refractivity contribution in [3.63, 3.8) is 0 Å². The van der Waals surface area contributed by atoms with Crippen LogP contribution in [0.25, 0.3) is 0 Å². The molecule has 32 heavy (non-hydrogen) atoms. The Morgan fingerprint density at radius 1 is 0.781 bits per heavy atom. The molecule has 0 saturated carbocycles. The van der Waals surface area contributed by atoms with Crippen LogP contribution in [0.2, 0.25) is 0 Å². The minimum atomic E-state index is -0.123. The van der Waals surface area contributed by atoms with Crippen LogP contribution in [0.15, 0.2) is 78.9 Å². The van der Waals surface area contributed by atoms with Gasteiger partial charge in [0.05, 0.1) is 13.1 Å². The second-order valence-electron chi connectivity index (χ2n) is 8.35. The molecular formula is C27H32N3O2+. The third kappa shape index (κ3) is 6.79. The van der Waals surface area contributed by atoms with E-state index in [1.165, 1.54) is 0 Å². The smallest absolute Gasteiger partial charge is 0.279 e. The molecule has 0 heterocycles. The van der Waals surface area contributed by atoms with Gasteiger partial charge in [-0.25, -0.2) is 0 Å². The Balaban J connectivity index is 1.58. The maximum atomic E-state index is 12.8.